The van der Waals surface area contributed by atoms with Gasteiger partial charge in [0.05, 0.1) is 0 Å². The summed E-state index contributed by atoms with van der Waals surface area (Å²) < 4.78 is 0. The van der Waals surface area contributed by atoms with Gasteiger partial charge in [-0.25, -0.2) is 0 Å². The van der Waals surface area contributed by atoms with E-state index in [1.165, 1.54) is 16.6 Å². The molecular weight excluding hydrogens is 246 g/mol. The lowest BCUT2D eigenvalue weighted by molar-refractivity contribution is 0.319. The fraction of sp³-hybridized carbons (Fsp3) is 0.529. The minimum absolute atomic E-state index is 0.230. The third-order valence-corrected chi connectivity index (χ3v) is 5.14. The van der Waals surface area contributed by atoms with Crippen LogP contribution in [0.4, 0.5) is 0 Å². The molecule has 0 saturated heterocycles. The van der Waals surface area contributed by atoms with Gasteiger partial charge in [-0.1, -0.05) is 77.3 Å². The molecule has 0 N–H and O–H groups in total. The van der Waals surface area contributed by atoms with E-state index in [2.05, 4.69) is 75.9 Å². The Hall–Kier alpha value is -0.545. The quantitative estimate of drug-likeness (QED) is 0.535. The Kier molecular flexibility index (Phi) is 5.45. The average molecular weight is 273 g/mol. The number of aryl methyl sites for hydroxylation is 1. The predicted octanol–water partition coefficient (Wildman–Crippen LogP) is 4.32. The standard InChI is InChI=1S/C17H27BP/c1-7-13-9-10-15(11-14(13)8-2)18-12-16(3,4)17(5,6)19/h8-11H,2,7,12,19H2,1,3-6H3. The van der Waals surface area contributed by atoms with E-state index in [0.717, 1.165) is 12.7 Å². The van der Waals surface area contributed by atoms with Crippen molar-refractivity contribution in [3.63, 3.8) is 0 Å². The maximum absolute atomic E-state index is 3.91. The SMILES string of the molecule is C=Cc1cc([B]CC(C)(C)C(C)(C)P)ccc1CC. The largest absolute Gasteiger partial charge is 0.152 e. The Morgan fingerprint density at radius 2 is 1.89 bits per heavy atom. The molecule has 1 aromatic rings. The number of hydrogen-bond donors (Lipinski definition) is 0. The predicted molar refractivity (Wildman–Crippen MR) is 93.7 cm³/mol. The second-order valence-electron chi connectivity index (χ2n) is 6.53. The first kappa shape index (κ1) is 16.5. The van der Waals surface area contributed by atoms with E-state index >= 15 is 0 Å². The third-order valence-electron chi connectivity index (χ3n) is 4.36. The smallest absolute Gasteiger partial charge is 0.131 e. The van der Waals surface area contributed by atoms with E-state index in [1.807, 2.05) is 6.08 Å². The van der Waals surface area contributed by atoms with Crippen molar-refractivity contribution >= 4 is 28.1 Å². The summed E-state index contributed by atoms with van der Waals surface area (Å²) in [7, 11) is 5.32. The van der Waals surface area contributed by atoms with Crippen LogP contribution in [0.1, 0.15) is 45.7 Å². The zero-order valence-electron chi connectivity index (χ0n) is 13.1. The lowest BCUT2D eigenvalue weighted by atomic mass is 9.56. The van der Waals surface area contributed by atoms with Crippen molar-refractivity contribution in [1.82, 2.24) is 0 Å². The van der Waals surface area contributed by atoms with Crippen molar-refractivity contribution in [2.45, 2.75) is 52.5 Å². The van der Waals surface area contributed by atoms with E-state index in [4.69, 9.17) is 0 Å². The molecule has 0 spiro atoms. The van der Waals surface area contributed by atoms with Gasteiger partial charge in [0, 0.05) is 0 Å². The van der Waals surface area contributed by atoms with Crippen LogP contribution < -0.4 is 5.46 Å². The van der Waals surface area contributed by atoms with E-state index in [9.17, 15) is 0 Å². The molecule has 0 amide bonds. The minimum atomic E-state index is 0.230. The van der Waals surface area contributed by atoms with Gasteiger partial charge < -0.3 is 0 Å². The van der Waals surface area contributed by atoms with Gasteiger partial charge in [-0.05, 0) is 28.1 Å². The van der Waals surface area contributed by atoms with Crippen LogP contribution in [0, 0.1) is 5.41 Å². The van der Waals surface area contributed by atoms with Gasteiger partial charge in [-0.15, -0.1) is 9.24 Å². The first-order valence-corrected chi connectivity index (χ1v) is 7.66. The van der Waals surface area contributed by atoms with Crippen molar-refractivity contribution in [2.75, 3.05) is 0 Å². The Morgan fingerprint density at radius 3 is 2.37 bits per heavy atom. The second kappa shape index (κ2) is 6.27. The highest BCUT2D eigenvalue weighted by Crippen LogP contribution is 2.40. The van der Waals surface area contributed by atoms with Crippen molar-refractivity contribution in [2.24, 2.45) is 5.41 Å². The molecule has 2 heteroatoms. The van der Waals surface area contributed by atoms with Gasteiger partial charge >= 0.3 is 0 Å². The van der Waals surface area contributed by atoms with Crippen molar-refractivity contribution < 1.29 is 0 Å². The van der Waals surface area contributed by atoms with E-state index in [1.54, 1.807) is 0 Å². The maximum atomic E-state index is 3.91. The Balaban J connectivity index is 2.82. The summed E-state index contributed by atoms with van der Waals surface area (Å²) in [6.45, 7) is 15.3. The van der Waals surface area contributed by atoms with Crippen LogP contribution in [-0.2, 0) is 6.42 Å². The van der Waals surface area contributed by atoms with Gasteiger partial charge in [0.2, 0.25) is 0 Å². The lowest BCUT2D eigenvalue weighted by Crippen LogP contribution is -2.35. The fourth-order valence-electron chi connectivity index (χ4n) is 1.89. The molecule has 0 heterocycles. The highest BCUT2D eigenvalue weighted by Gasteiger charge is 2.32. The molecule has 0 nitrogen and oxygen atoms in total. The van der Waals surface area contributed by atoms with Crippen LogP contribution in [0.3, 0.4) is 0 Å². The molecule has 0 aliphatic heterocycles. The molecule has 0 saturated carbocycles. The molecule has 0 aromatic heterocycles. The van der Waals surface area contributed by atoms with Crippen LogP contribution in [0.15, 0.2) is 24.8 Å². The van der Waals surface area contributed by atoms with Gasteiger partial charge in [0.25, 0.3) is 0 Å². The molecule has 103 valence electrons. The molecule has 0 fully saturated rings. The van der Waals surface area contributed by atoms with Gasteiger partial charge in [0.15, 0.2) is 7.28 Å². The Labute approximate surface area is 122 Å². The van der Waals surface area contributed by atoms with E-state index < -0.39 is 0 Å². The summed E-state index contributed by atoms with van der Waals surface area (Å²) >= 11 is 0. The highest BCUT2D eigenvalue weighted by molar-refractivity contribution is 7.19. The fourth-order valence-corrected chi connectivity index (χ4v) is 2.01. The molecule has 0 aliphatic rings. The zero-order chi connectivity index (χ0) is 14.7. The summed E-state index contributed by atoms with van der Waals surface area (Å²) in [4.78, 5) is 0. The molecule has 1 atom stereocenters. The average Bonchev–Trinajstić information content (AvgIpc) is 2.34. The molecular formula is C17H27BP. The summed E-state index contributed by atoms with van der Waals surface area (Å²) in [5.74, 6) is 0. The maximum Gasteiger partial charge on any atom is 0.152 e. The van der Waals surface area contributed by atoms with Crippen molar-refractivity contribution in [3.8, 4) is 0 Å². The van der Waals surface area contributed by atoms with Crippen molar-refractivity contribution in [1.29, 1.82) is 0 Å². The summed E-state index contributed by atoms with van der Waals surface area (Å²) in [5, 5.41) is 0.230. The Bertz CT molecular complexity index is 441. The van der Waals surface area contributed by atoms with Gasteiger partial charge in [-0.2, -0.15) is 0 Å². The number of rotatable bonds is 6. The van der Waals surface area contributed by atoms with Crippen LogP contribution >= 0.6 is 9.24 Å². The molecule has 0 aliphatic carbocycles. The molecule has 1 unspecified atom stereocenters. The molecule has 0 bridgehead atoms. The monoisotopic (exact) mass is 273 g/mol. The second-order valence-corrected chi connectivity index (χ2v) is 7.97. The minimum Gasteiger partial charge on any atom is -0.131 e. The zero-order valence-corrected chi connectivity index (χ0v) is 14.2. The lowest BCUT2D eigenvalue weighted by Gasteiger charge is -2.39. The summed E-state index contributed by atoms with van der Waals surface area (Å²) in [6, 6.07) is 6.69. The number of benzene rings is 1. The third kappa shape index (κ3) is 4.21. The molecule has 1 radical (unpaired) electrons. The number of hydrogen-bond acceptors (Lipinski definition) is 0. The summed E-state index contributed by atoms with van der Waals surface area (Å²) in [5.41, 5.74) is 4.20. The first-order valence-electron chi connectivity index (χ1n) is 7.08. The van der Waals surface area contributed by atoms with Crippen LogP contribution in [0.5, 0.6) is 0 Å². The van der Waals surface area contributed by atoms with Gasteiger partial charge in [0.1, 0.15) is 0 Å². The topological polar surface area (TPSA) is 0 Å². The molecule has 1 aromatic carbocycles. The molecule has 1 rings (SSSR count). The Morgan fingerprint density at radius 1 is 1.26 bits per heavy atom. The molecule has 19 heavy (non-hydrogen) atoms. The summed E-state index contributed by atoms with van der Waals surface area (Å²) in [6.07, 6.45) is 4.10. The normalized spacial score (nSPS) is 12.3. The van der Waals surface area contributed by atoms with E-state index in [-0.39, 0.29) is 10.6 Å². The highest BCUT2D eigenvalue weighted by atomic mass is 31.0. The van der Waals surface area contributed by atoms with Gasteiger partial charge in [-0.3, -0.25) is 0 Å². The first-order chi connectivity index (χ1) is 8.71. The van der Waals surface area contributed by atoms with Crippen LogP contribution in [0.25, 0.3) is 6.08 Å². The van der Waals surface area contributed by atoms with Crippen molar-refractivity contribution in [3.05, 3.63) is 35.9 Å². The van der Waals surface area contributed by atoms with E-state index in [0.29, 0.717) is 0 Å². The van der Waals surface area contributed by atoms with Crippen LogP contribution in [0.2, 0.25) is 6.32 Å². The van der Waals surface area contributed by atoms with Crippen LogP contribution in [-0.4, -0.2) is 12.4 Å².